The molecule has 0 bridgehead atoms. The molecule has 0 heterocycles. The Bertz CT molecular complexity index is 66.1. The molecule has 0 atom stereocenters. The fourth-order valence-corrected chi connectivity index (χ4v) is 0.146. The first kappa shape index (κ1) is 6.56. The topological polar surface area (TPSA) is 9.23 Å². The number of ether oxygens (including phenoxy) is 1. The highest BCUT2D eigenvalue weighted by molar-refractivity contribution is 4.79. The van der Waals surface area contributed by atoms with Crippen molar-refractivity contribution in [3.8, 4) is 0 Å². The molecule has 0 saturated carbocycles. The highest BCUT2D eigenvalue weighted by atomic mass is 19.3. The first-order valence-electron chi connectivity index (χ1n) is 1.77. The van der Waals surface area contributed by atoms with E-state index in [4.69, 9.17) is 0 Å². The van der Waals surface area contributed by atoms with Crippen LogP contribution in [0, 0.1) is 0 Å². The standard InChI is InChI=1S/C4H6F2O/c1-7-3-2-4(5)6/h2H,3H2,1H3. The number of methoxy groups -OCH3 is 1. The molecule has 42 valence electrons. The van der Waals surface area contributed by atoms with Crippen LogP contribution in [0.1, 0.15) is 0 Å². The molecular weight excluding hydrogens is 102 g/mol. The quantitative estimate of drug-likeness (QED) is 0.519. The van der Waals surface area contributed by atoms with Crippen LogP contribution in [0.2, 0.25) is 0 Å². The van der Waals surface area contributed by atoms with Crippen molar-refractivity contribution in [1.82, 2.24) is 0 Å². The van der Waals surface area contributed by atoms with Crippen molar-refractivity contribution in [3.05, 3.63) is 12.2 Å². The van der Waals surface area contributed by atoms with Crippen LogP contribution >= 0.6 is 0 Å². The van der Waals surface area contributed by atoms with Crippen molar-refractivity contribution in [1.29, 1.82) is 0 Å². The zero-order chi connectivity index (χ0) is 5.70. The largest absolute Gasteiger partial charge is 0.380 e. The molecule has 0 aromatic carbocycles. The van der Waals surface area contributed by atoms with Crippen LogP contribution < -0.4 is 0 Å². The smallest absolute Gasteiger partial charge is 0.268 e. The van der Waals surface area contributed by atoms with E-state index in [0.29, 0.717) is 6.08 Å². The lowest BCUT2D eigenvalue weighted by atomic mass is 10.7. The van der Waals surface area contributed by atoms with Gasteiger partial charge < -0.3 is 4.74 Å². The maximum atomic E-state index is 11.0. The first-order valence-corrected chi connectivity index (χ1v) is 1.77. The molecule has 0 amide bonds. The SMILES string of the molecule is COCC=C(F)F. The summed E-state index contributed by atoms with van der Waals surface area (Å²) in [5.41, 5.74) is 0. The van der Waals surface area contributed by atoms with E-state index in [1.54, 1.807) is 0 Å². The summed E-state index contributed by atoms with van der Waals surface area (Å²) in [6.07, 6.45) is -0.984. The van der Waals surface area contributed by atoms with Crippen LogP contribution in [0.15, 0.2) is 12.2 Å². The lowest BCUT2D eigenvalue weighted by molar-refractivity contribution is 0.228. The van der Waals surface area contributed by atoms with E-state index in [0.717, 1.165) is 0 Å². The van der Waals surface area contributed by atoms with Crippen molar-refractivity contribution < 1.29 is 13.5 Å². The molecule has 0 aliphatic rings. The Hall–Kier alpha value is -0.440. The molecule has 3 heteroatoms. The van der Waals surface area contributed by atoms with Gasteiger partial charge >= 0.3 is 0 Å². The second-order valence-electron chi connectivity index (χ2n) is 0.949. The Labute approximate surface area is 40.6 Å². The van der Waals surface area contributed by atoms with Crippen molar-refractivity contribution in [3.63, 3.8) is 0 Å². The van der Waals surface area contributed by atoms with E-state index in [9.17, 15) is 8.78 Å². The van der Waals surface area contributed by atoms with Crippen LogP contribution in [-0.4, -0.2) is 13.7 Å². The number of hydrogen-bond donors (Lipinski definition) is 0. The lowest BCUT2D eigenvalue weighted by Gasteiger charge is -1.82. The molecule has 0 saturated heterocycles. The van der Waals surface area contributed by atoms with Crippen molar-refractivity contribution in [2.45, 2.75) is 0 Å². The fourth-order valence-electron chi connectivity index (χ4n) is 0.146. The van der Waals surface area contributed by atoms with E-state index in [2.05, 4.69) is 4.74 Å². The minimum atomic E-state index is -1.69. The van der Waals surface area contributed by atoms with Crippen LogP contribution in [0.3, 0.4) is 0 Å². The monoisotopic (exact) mass is 108 g/mol. The summed E-state index contributed by atoms with van der Waals surface area (Å²) in [7, 11) is 1.36. The molecular formula is C4H6F2O. The maximum Gasteiger partial charge on any atom is 0.268 e. The van der Waals surface area contributed by atoms with Crippen LogP contribution in [-0.2, 0) is 4.74 Å². The molecule has 0 unspecified atom stereocenters. The molecule has 0 rings (SSSR count). The number of halogens is 2. The average Bonchev–Trinajstić information content (AvgIpc) is 1.61. The third kappa shape index (κ3) is 5.56. The summed E-state index contributed by atoms with van der Waals surface area (Å²) < 4.78 is 26.3. The van der Waals surface area contributed by atoms with E-state index >= 15 is 0 Å². The van der Waals surface area contributed by atoms with E-state index in [1.807, 2.05) is 0 Å². The van der Waals surface area contributed by atoms with Gasteiger partial charge in [0.1, 0.15) is 0 Å². The van der Waals surface area contributed by atoms with Crippen LogP contribution in [0.25, 0.3) is 0 Å². The molecule has 7 heavy (non-hydrogen) atoms. The van der Waals surface area contributed by atoms with Crippen LogP contribution in [0.5, 0.6) is 0 Å². The fraction of sp³-hybridized carbons (Fsp3) is 0.500. The van der Waals surface area contributed by atoms with Crippen molar-refractivity contribution in [2.75, 3.05) is 13.7 Å². The minimum absolute atomic E-state index is 0.0116. The molecule has 0 aromatic heterocycles. The van der Waals surface area contributed by atoms with Crippen molar-refractivity contribution in [2.24, 2.45) is 0 Å². The molecule has 0 aliphatic heterocycles. The summed E-state index contributed by atoms with van der Waals surface area (Å²) in [6, 6.07) is 0. The lowest BCUT2D eigenvalue weighted by Crippen LogP contribution is -1.79. The van der Waals surface area contributed by atoms with Gasteiger partial charge in [-0.1, -0.05) is 0 Å². The predicted octanol–water partition coefficient (Wildman–Crippen LogP) is 1.41. The molecule has 0 radical (unpaired) electrons. The Morgan fingerprint density at radius 3 is 2.43 bits per heavy atom. The van der Waals surface area contributed by atoms with E-state index in [-0.39, 0.29) is 6.61 Å². The summed E-state index contributed by atoms with van der Waals surface area (Å²) >= 11 is 0. The number of rotatable bonds is 2. The third-order valence-corrected chi connectivity index (χ3v) is 0.404. The molecule has 0 aromatic rings. The van der Waals surface area contributed by atoms with Crippen molar-refractivity contribution >= 4 is 0 Å². The minimum Gasteiger partial charge on any atom is -0.380 e. The Kier molecular flexibility index (Phi) is 3.50. The average molecular weight is 108 g/mol. The van der Waals surface area contributed by atoms with Gasteiger partial charge in [0.15, 0.2) is 0 Å². The molecule has 0 fully saturated rings. The maximum absolute atomic E-state index is 11.0. The Morgan fingerprint density at radius 1 is 1.71 bits per heavy atom. The second-order valence-corrected chi connectivity index (χ2v) is 0.949. The molecule has 0 aliphatic carbocycles. The summed E-state index contributed by atoms with van der Waals surface area (Å²) in [5.74, 6) is 0. The molecule has 1 nitrogen and oxygen atoms in total. The Balaban J connectivity index is 3.08. The zero-order valence-corrected chi connectivity index (χ0v) is 3.95. The first-order chi connectivity index (χ1) is 3.27. The zero-order valence-electron chi connectivity index (χ0n) is 3.95. The van der Waals surface area contributed by atoms with Gasteiger partial charge in [0.05, 0.1) is 6.61 Å². The van der Waals surface area contributed by atoms with Gasteiger partial charge in [-0.2, -0.15) is 8.78 Å². The van der Waals surface area contributed by atoms with Gasteiger partial charge in [-0.05, 0) is 0 Å². The number of hydrogen-bond acceptors (Lipinski definition) is 1. The van der Waals surface area contributed by atoms with Gasteiger partial charge in [-0.25, -0.2) is 0 Å². The van der Waals surface area contributed by atoms with Gasteiger partial charge in [0.2, 0.25) is 0 Å². The third-order valence-electron chi connectivity index (χ3n) is 0.404. The van der Waals surface area contributed by atoms with Gasteiger partial charge in [0, 0.05) is 13.2 Å². The van der Waals surface area contributed by atoms with Gasteiger partial charge in [-0.15, -0.1) is 0 Å². The summed E-state index contributed by atoms with van der Waals surface area (Å²) in [6.45, 7) is -0.0116. The summed E-state index contributed by atoms with van der Waals surface area (Å²) in [4.78, 5) is 0. The highest BCUT2D eigenvalue weighted by Crippen LogP contribution is 1.93. The molecule has 0 N–H and O–H groups in total. The van der Waals surface area contributed by atoms with E-state index in [1.165, 1.54) is 7.11 Å². The summed E-state index contributed by atoms with van der Waals surface area (Å²) in [5, 5.41) is 0. The van der Waals surface area contributed by atoms with Gasteiger partial charge in [-0.3, -0.25) is 0 Å². The van der Waals surface area contributed by atoms with Gasteiger partial charge in [0.25, 0.3) is 6.08 Å². The normalized spacial score (nSPS) is 8.43. The Morgan fingerprint density at radius 2 is 2.29 bits per heavy atom. The second kappa shape index (κ2) is 3.74. The van der Waals surface area contributed by atoms with E-state index < -0.39 is 6.08 Å². The predicted molar refractivity (Wildman–Crippen MR) is 22.2 cm³/mol. The highest BCUT2D eigenvalue weighted by Gasteiger charge is 1.82. The molecule has 0 spiro atoms. The van der Waals surface area contributed by atoms with Crippen LogP contribution in [0.4, 0.5) is 8.78 Å².